The van der Waals surface area contributed by atoms with Gasteiger partial charge in [0.25, 0.3) is 11.5 Å². The lowest BCUT2D eigenvalue weighted by atomic mass is 10.2. The molecule has 0 spiro atoms. The number of benzene rings is 2. The standard InChI is InChI=1S/C21H18BrN3O4/c1-29-18-9-7-17(8-10-18)24-21(28)14-2-5-16(6-3-14)23-19(26)13-25-12-15(22)4-11-20(25)27/h2-12H,13H2,1H3,(H,23,26)(H,24,28). The molecule has 7 nitrogen and oxygen atoms in total. The van der Waals surface area contributed by atoms with Crippen LogP contribution in [0.25, 0.3) is 0 Å². The third kappa shape index (κ3) is 5.55. The molecule has 2 N–H and O–H groups in total. The smallest absolute Gasteiger partial charge is 0.255 e. The molecule has 0 aliphatic carbocycles. The number of nitrogens with one attached hydrogen (secondary N) is 2. The second-order valence-corrected chi connectivity index (χ2v) is 7.04. The van der Waals surface area contributed by atoms with E-state index in [4.69, 9.17) is 4.74 Å². The number of hydrogen-bond donors (Lipinski definition) is 2. The van der Waals surface area contributed by atoms with Gasteiger partial charge in [-0.2, -0.15) is 0 Å². The van der Waals surface area contributed by atoms with Crippen molar-refractivity contribution in [2.75, 3.05) is 17.7 Å². The average molecular weight is 456 g/mol. The summed E-state index contributed by atoms with van der Waals surface area (Å²) in [4.78, 5) is 36.3. The number of carbonyl (C=O) groups excluding carboxylic acids is 2. The molecule has 0 fully saturated rings. The van der Waals surface area contributed by atoms with E-state index < -0.39 is 0 Å². The zero-order chi connectivity index (χ0) is 20.8. The molecular formula is C21H18BrN3O4. The Bertz CT molecular complexity index is 1080. The summed E-state index contributed by atoms with van der Waals surface area (Å²) in [6.07, 6.45) is 1.55. The molecule has 0 aliphatic heterocycles. The second kappa shape index (κ2) is 9.20. The van der Waals surface area contributed by atoms with Crippen LogP contribution in [0.15, 0.2) is 76.1 Å². The molecule has 0 saturated carbocycles. The average Bonchev–Trinajstić information content (AvgIpc) is 2.72. The lowest BCUT2D eigenvalue weighted by molar-refractivity contribution is -0.116. The first kappa shape index (κ1) is 20.3. The van der Waals surface area contributed by atoms with Crippen LogP contribution < -0.4 is 20.9 Å². The van der Waals surface area contributed by atoms with E-state index in [1.165, 1.54) is 10.6 Å². The monoisotopic (exact) mass is 455 g/mol. The van der Waals surface area contributed by atoms with E-state index in [0.717, 1.165) is 0 Å². The number of ether oxygens (including phenoxy) is 1. The van der Waals surface area contributed by atoms with Crippen molar-refractivity contribution >= 4 is 39.1 Å². The molecule has 1 aromatic heterocycles. The number of rotatable bonds is 6. The predicted octanol–water partition coefficient (Wildman–Crippen LogP) is 3.51. The van der Waals surface area contributed by atoms with Gasteiger partial charge >= 0.3 is 0 Å². The van der Waals surface area contributed by atoms with Crippen molar-refractivity contribution in [1.82, 2.24) is 4.57 Å². The van der Waals surface area contributed by atoms with E-state index in [1.807, 2.05) is 0 Å². The predicted molar refractivity (Wildman–Crippen MR) is 114 cm³/mol. The normalized spacial score (nSPS) is 10.3. The zero-order valence-electron chi connectivity index (χ0n) is 15.5. The highest BCUT2D eigenvalue weighted by Crippen LogP contribution is 2.17. The van der Waals surface area contributed by atoms with Crippen molar-refractivity contribution < 1.29 is 14.3 Å². The minimum absolute atomic E-state index is 0.113. The van der Waals surface area contributed by atoms with E-state index in [1.54, 1.807) is 67.9 Å². The van der Waals surface area contributed by atoms with Crippen molar-refractivity contribution in [3.8, 4) is 5.75 Å². The van der Waals surface area contributed by atoms with Gasteiger partial charge in [-0.15, -0.1) is 0 Å². The van der Waals surface area contributed by atoms with E-state index in [-0.39, 0.29) is 23.9 Å². The Hall–Kier alpha value is -3.39. The van der Waals surface area contributed by atoms with Gasteiger partial charge in [0.2, 0.25) is 5.91 Å². The molecule has 2 aromatic carbocycles. The molecule has 3 rings (SSSR count). The summed E-state index contributed by atoms with van der Waals surface area (Å²) in [5, 5.41) is 5.50. The third-order valence-electron chi connectivity index (χ3n) is 4.04. The van der Waals surface area contributed by atoms with Gasteiger partial charge < -0.3 is 19.9 Å². The summed E-state index contributed by atoms with van der Waals surface area (Å²) in [6.45, 7) is -0.113. The molecule has 8 heteroatoms. The molecule has 0 atom stereocenters. The fraction of sp³-hybridized carbons (Fsp3) is 0.0952. The van der Waals surface area contributed by atoms with Gasteiger partial charge in [0.05, 0.1) is 7.11 Å². The van der Waals surface area contributed by atoms with Crippen molar-refractivity contribution in [2.45, 2.75) is 6.54 Å². The molecule has 148 valence electrons. The van der Waals surface area contributed by atoms with Crippen LogP contribution >= 0.6 is 15.9 Å². The van der Waals surface area contributed by atoms with Crippen LogP contribution in [0.3, 0.4) is 0 Å². The summed E-state index contributed by atoms with van der Waals surface area (Å²) in [5.74, 6) is 0.0857. The molecule has 1 heterocycles. The molecule has 3 aromatic rings. The Morgan fingerprint density at radius 2 is 1.55 bits per heavy atom. The van der Waals surface area contributed by atoms with E-state index in [2.05, 4.69) is 26.6 Å². The van der Waals surface area contributed by atoms with Crippen LogP contribution in [0.4, 0.5) is 11.4 Å². The number of anilines is 2. The zero-order valence-corrected chi connectivity index (χ0v) is 17.1. The van der Waals surface area contributed by atoms with Crippen molar-refractivity contribution in [3.63, 3.8) is 0 Å². The number of methoxy groups -OCH3 is 1. The van der Waals surface area contributed by atoms with Gasteiger partial charge in [0.1, 0.15) is 12.3 Å². The Balaban J connectivity index is 1.60. The van der Waals surface area contributed by atoms with Crippen LogP contribution in [-0.4, -0.2) is 23.5 Å². The number of halogens is 1. The molecule has 0 radical (unpaired) electrons. The second-order valence-electron chi connectivity index (χ2n) is 6.12. The van der Waals surface area contributed by atoms with Crippen LogP contribution in [0.1, 0.15) is 10.4 Å². The lowest BCUT2D eigenvalue weighted by Crippen LogP contribution is -2.26. The van der Waals surface area contributed by atoms with E-state index in [0.29, 0.717) is 27.2 Å². The highest BCUT2D eigenvalue weighted by atomic mass is 79.9. The van der Waals surface area contributed by atoms with Crippen LogP contribution in [0.2, 0.25) is 0 Å². The Morgan fingerprint density at radius 3 is 2.21 bits per heavy atom. The maximum atomic E-state index is 12.3. The van der Waals surface area contributed by atoms with Crippen LogP contribution in [0.5, 0.6) is 5.75 Å². The van der Waals surface area contributed by atoms with Crippen LogP contribution in [-0.2, 0) is 11.3 Å². The number of carbonyl (C=O) groups is 2. The Kier molecular flexibility index (Phi) is 6.46. The maximum absolute atomic E-state index is 12.3. The topological polar surface area (TPSA) is 89.4 Å². The van der Waals surface area contributed by atoms with Gasteiger partial charge in [-0.3, -0.25) is 14.4 Å². The highest BCUT2D eigenvalue weighted by molar-refractivity contribution is 9.10. The first-order chi connectivity index (χ1) is 13.9. The van der Waals surface area contributed by atoms with Gasteiger partial charge in [-0.1, -0.05) is 0 Å². The van der Waals surface area contributed by atoms with Gasteiger partial charge in [0, 0.05) is 33.7 Å². The summed E-state index contributed by atoms with van der Waals surface area (Å²) in [6, 6.07) is 16.5. The molecule has 2 amide bonds. The molecule has 0 saturated heterocycles. The lowest BCUT2D eigenvalue weighted by Gasteiger charge is -2.09. The molecule has 0 aliphatic rings. The molecule has 29 heavy (non-hydrogen) atoms. The summed E-state index contributed by atoms with van der Waals surface area (Å²) in [5.41, 5.74) is 1.35. The van der Waals surface area contributed by atoms with Gasteiger partial charge in [0.15, 0.2) is 0 Å². The maximum Gasteiger partial charge on any atom is 0.255 e. The minimum atomic E-state index is -0.347. The largest absolute Gasteiger partial charge is 0.497 e. The summed E-state index contributed by atoms with van der Waals surface area (Å²) in [7, 11) is 1.57. The van der Waals surface area contributed by atoms with Crippen molar-refractivity contribution in [3.05, 3.63) is 87.3 Å². The first-order valence-electron chi connectivity index (χ1n) is 8.66. The highest BCUT2D eigenvalue weighted by Gasteiger charge is 2.09. The van der Waals surface area contributed by atoms with Gasteiger partial charge in [-0.25, -0.2) is 0 Å². The molecular weight excluding hydrogens is 438 g/mol. The third-order valence-corrected chi connectivity index (χ3v) is 4.51. The number of pyridine rings is 1. The molecule has 0 bridgehead atoms. The van der Waals surface area contributed by atoms with Crippen molar-refractivity contribution in [1.29, 1.82) is 0 Å². The Morgan fingerprint density at radius 1 is 0.931 bits per heavy atom. The summed E-state index contributed by atoms with van der Waals surface area (Å²) >= 11 is 3.27. The Labute approximate surface area is 175 Å². The van der Waals surface area contributed by atoms with E-state index >= 15 is 0 Å². The quantitative estimate of drug-likeness (QED) is 0.594. The minimum Gasteiger partial charge on any atom is -0.497 e. The number of nitrogens with zero attached hydrogens (tertiary/aromatic N) is 1. The SMILES string of the molecule is COc1ccc(NC(=O)c2ccc(NC(=O)Cn3cc(Br)ccc3=O)cc2)cc1. The molecule has 0 unspecified atom stereocenters. The number of hydrogen-bond acceptors (Lipinski definition) is 4. The fourth-order valence-electron chi connectivity index (χ4n) is 2.56. The van der Waals surface area contributed by atoms with E-state index in [9.17, 15) is 14.4 Å². The number of amides is 2. The fourth-order valence-corrected chi connectivity index (χ4v) is 2.94. The number of aromatic nitrogens is 1. The van der Waals surface area contributed by atoms with Crippen LogP contribution in [0, 0.1) is 0 Å². The summed E-state index contributed by atoms with van der Waals surface area (Å²) < 4.78 is 7.09. The van der Waals surface area contributed by atoms with Crippen molar-refractivity contribution in [2.24, 2.45) is 0 Å². The first-order valence-corrected chi connectivity index (χ1v) is 9.45. The van der Waals surface area contributed by atoms with Gasteiger partial charge in [-0.05, 0) is 70.5 Å².